The molecule has 5 rings (SSSR count). The van der Waals surface area contributed by atoms with Crippen molar-refractivity contribution in [2.75, 3.05) is 59.7 Å². The molecular weight excluding hydrogens is 680 g/mol. The van der Waals surface area contributed by atoms with Crippen LogP contribution in [0.3, 0.4) is 0 Å². The average molecular weight is 715 g/mol. The van der Waals surface area contributed by atoms with Gasteiger partial charge < -0.3 is 45.9 Å². The van der Waals surface area contributed by atoms with Crippen molar-refractivity contribution in [3.05, 3.63) is 33.5 Å². The highest BCUT2D eigenvalue weighted by Gasteiger charge is 2.78. The fraction of sp³-hybridized carbons (Fsp3) is 0.467. The summed E-state index contributed by atoms with van der Waals surface area (Å²) >= 11 is 7.35. The van der Waals surface area contributed by atoms with Gasteiger partial charge >= 0.3 is 11.9 Å². The fourth-order valence-electron chi connectivity index (χ4n) is 6.14. The molecule has 2 saturated carbocycles. The molecule has 2 aliphatic rings. The Morgan fingerprint density at radius 3 is 2.27 bits per heavy atom. The van der Waals surface area contributed by atoms with Crippen LogP contribution < -0.4 is 22.1 Å². The zero-order valence-electron chi connectivity index (χ0n) is 27.1. The topological polar surface area (TPSA) is 230 Å². The first-order chi connectivity index (χ1) is 23.4. The second-order valence-electron chi connectivity index (χ2n) is 11.5. The minimum absolute atomic E-state index is 0.153. The van der Waals surface area contributed by atoms with Gasteiger partial charge in [0, 0.05) is 34.1 Å². The van der Waals surface area contributed by atoms with Gasteiger partial charge in [0.1, 0.15) is 13.1 Å². The minimum atomic E-state index is -1.30. The van der Waals surface area contributed by atoms with Gasteiger partial charge in [-0.15, -0.1) is 11.3 Å². The van der Waals surface area contributed by atoms with Gasteiger partial charge in [0.25, 0.3) is 0 Å². The Labute approximate surface area is 289 Å². The lowest BCUT2D eigenvalue weighted by Crippen LogP contribution is -2.48. The Hall–Kier alpha value is -4.83. The summed E-state index contributed by atoms with van der Waals surface area (Å²) in [6.45, 7) is -1.59. The van der Waals surface area contributed by atoms with E-state index in [4.69, 9.17) is 32.5 Å². The summed E-state index contributed by atoms with van der Waals surface area (Å²) in [6, 6.07) is 2.68. The molecule has 6 N–H and O–H groups in total. The first-order valence-electron chi connectivity index (χ1n) is 15.1. The third-order valence-electron chi connectivity index (χ3n) is 8.57. The number of hydrogen-bond donors (Lipinski definition) is 4. The molecule has 0 saturated heterocycles. The number of nitrogens with one attached hydrogen (secondary N) is 2. The van der Waals surface area contributed by atoms with Crippen LogP contribution in [0, 0.1) is 23.2 Å². The van der Waals surface area contributed by atoms with Gasteiger partial charge in [-0.25, -0.2) is 15.0 Å². The Kier molecular flexibility index (Phi) is 10.4. The number of esters is 2. The molecule has 5 atom stereocenters. The van der Waals surface area contributed by atoms with Crippen LogP contribution >= 0.6 is 22.9 Å². The number of amides is 3. The first kappa shape index (κ1) is 35.5. The zero-order chi connectivity index (χ0) is 35.6. The van der Waals surface area contributed by atoms with E-state index in [0.717, 1.165) is 9.80 Å². The maximum atomic E-state index is 13.6. The predicted octanol–water partition coefficient (Wildman–Crippen LogP) is -1.05. The number of nitrogens with two attached hydrogens (primary N) is 2. The normalized spacial score (nSPS) is 21.9. The summed E-state index contributed by atoms with van der Waals surface area (Å²) in [7, 11) is 5.88. The number of thiophene rings is 1. The molecule has 0 aliphatic heterocycles. The molecule has 2 unspecified atom stereocenters. The number of hydrogen-bond acceptors (Lipinski definition) is 14. The number of fused-ring (bicyclic) bond motifs is 2. The molecule has 17 nitrogen and oxygen atoms in total. The van der Waals surface area contributed by atoms with E-state index in [1.165, 1.54) is 38.8 Å². The van der Waals surface area contributed by atoms with E-state index in [9.17, 15) is 24.0 Å². The average Bonchev–Trinajstić information content (AvgIpc) is 3.31. The van der Waals surface area contributed by atoms with Gasteiger partial charge in [0.15, 0.2) is 29.2 Å². The SMILES string of the molecule is CNC(=O)[C@@]12CC1C(n1cnc3c(NC)nc(C#Cc4ccc(Cl)s4)nc31)[C@H](OC(=O)CN(C)C(=O)CN)[C@@H]2OC(=O)CN(C)C(=O)CN. The van der Waals surface area contributed by atoms with E-state index in [1.807, 2.05) is 0 Å². The number of aromatic nitrogens is 4. The molecule has 3 amide bonds. The number of imidazole rings is 1. The van der Waals surface area contributed by atoms with Crippen molar-refractivity contribution < 1.29 is 33.4 Å². The van der Waals surface area contributed by atoms with Crippen LogP contribution in [0.5, 0.6) is 0 Å². The highest BCUT2D eigenvalue weighted by atomic mass is 35.5. The maximum Gasteiger partial charge on any atom is 0.326 e. The van der Waals surface area contributed by atoms with Crippen LogP contribution in [-0.2, 0) is 33.4 Å². The summed E-state index contributed by atoms with van der Waals surface area (Å²) in [5.74, 6) is 2.83. The third-order valence-corrected chi connectivity index (χ3v) is 9.72. The second-order valence-corrected chi connectivity index (χ2v) is 13.2. The van der Waals surface area contributed by atoms with Crippen LogP contribution in [-0.4, -0.2) is 126 Å². The number of rotatable bonds is 11. The number of nitrogens with zero attached hydrogens (tertiary/aromatic N) is 6. The summed E-state index contributed by atoms with van der Waals surface area (Å²) < 4.78 is 14.1. The van der Waals surface area contributed by atoms with Crippen LogP contribution in [0.1, 0.15) is 23.2 Å². The van der Waals surface area contributed by atoms with Crippen molar-refractivity contribution in [3.63, 3.8) is 0 Å². The standard InChI is InChI=1S/C30H35ClN10O7S/c1-34-27-23-28(38-18(37-27)8-6-15-5-7-17(31)49-15)41(14-36-23)24-16-9-30(16,29(46)35-2)26(48-22(45)13-40(4)20(43)11-33)25(24)47-21(44)12-39(3)19(42)10-32/h5,7,14,16,24-26H,9-13,32-33H2,1-4H3,(H,35,46)(H,34,37,38)/t16?,24?,25-,26-,30-/m0/s1. The second kappa shape index (κ2) is 14.3. The van der Waals surface area contributed by atoms with Gasteiger partial charge in [-0.05, 0) is 30.4 Å². The fourth-order valence-corrected chi connectivity index (χ4v) is 7.04. The molecule has 19 heteroatoms. The van der Waals surface area contributed by atoms with Crippen LogP contribution in [0.15, 0.2) is 18.5 Å². The zero-order valence-corrected chi connectivity index (χ0v) is 28.6. The van der Waals surface area contributed by atoms with E-state index >= 15 is 0 Å². The molecule has 0 bridgehead atoms. The molecule has 2 aliphatic carbocycles. The first-order valence-corrected chi connectivity index (χ1v) is 16.3. The van der Waals surface area contributed by atoms with Crippen molar-refractivity contribution in [2.45, 2.75) is 24.7 Å². The molecule has 0 aromatic carbocycles. The summed E-state index contributed by atoms with van der Waals surface area (Å²) in [4.78, 5) is 80.9. The predicted molar refractivity (Wildman–Crippen MR) is 177 cm³/mol. The van der Waals surface area contributed by atoms with E-state index < -0.39 is 72.3 Å². The number of halogens is 1. The van der Waals surface area contributed by atoms with Gasteiger partial charge in [-0.3, -0.25) is 24.0 Å². The van der Waals surface area contributed by atoms with E-state index in [1.54, 1.807) is 23.7 Å². The Balaban J connectivity index is 1.59. The molecule has 3 aromatic heterocycles. The number of carbonyl (C=O) groups is 5. The number of carbonyl (C=O) groups excluding carboxylic acids is 5. The number of anilines is 1. The molecule has 0 spiro atoms. The smallest absolute Gasteiger partial charge is 0.326 e. The van der Waals surface area contributed by atoms with Gasteiger partial charge in [0.2, 0.25) is 23.5 Å². The molecule has 3 aromatic rings. The van der Waals surface area contributed by atoms with Crippen molar-refractivity contribution in [1.82, 2.24) is 34.6 Å². The highest BCUT2D eigenvalue weighted by molar-refractivity contribution is 7.16. The van der Waals surface area contributed by atoms with Crippen molar-refractivity contribution >= 4 is 69.6 Å². The highest BCUT2D eigenvalue weighted by Crippen LogP contribution is 2.69. The quantitative estimate of drug-likeness (QED) is 0.137. The van der Waals surface area contributed by atoms with Gasteiger partial charge in [-0.2, -0.15) is 0 Å². The Bertz CT molecular complexity index is 1870. The molecule has 49 heavy (non-hydrogen) atoms. The van der Waals surface area contributed by atoms with Gasteiger partial charge in [0.05, 0.1) is 40.1 Å². The lowest BCUT2D eigenvalue weighted by molar-refractivity contribution is -0.176. The summed E-state index contributed by atoms with van der Waals surface area (Å²) in [5.41, 5.74) is 10.3. The van der Waals surface area contributed by atoms with Crippen molar-refractivity contribution in [1.29, 1.82) is 0 Å². The number of likely N-dealkylation sites (N-methyl/N-ethyl adjacent to an activating group) is 2. The van der Waals surface area contributed by atoms with E-state index in [2.05, 4.69) is 37.4 Å². The van der Waals surface area contributed by atoms with Crippen molar-refractivity contribution in [3.8, 4) is 11.8 Å². The molecular formula is C30H35ClN10O7S. The van der Waals surface area contributed by atoms with Gasteiger partial charge in [-0.1, -0.05) is 11.6 Å². The largest absolute Gasteiger partial charge is 0.456 e. The van der Waals surface area contributed by atoms with Crippen molar-refractivity contribution in [2.24, 2.45) is 22.8 Å². The Morgan fingerprint density at radius 1 is 1.04 bits per heavy atom. The maximum absolute atomic E-state index is 13.6. The van der Waals surface area contributed by atoms with E-state index in [0.29, 0.717) is 26.2 Å². The van der Waals surface area contributed by atoms with Crippen LogP contribution in [0.4, 0.5) is 5.82 Å². The summed E-state index contributed by atoms with van der Waals surface area (Å²) in [5, 5.41) is 5.65. The lowest BCUT2D eigenvalue weighted by Gasteiger charge is -2.31. The summed E-state index contributed by atoms with van der Waals surface area (Å²) in [6.07, 6.45) is -0.794. The minimum Gasteiger partial charge on any atom is -0.456 e. The molecule has 260 valence electrons. The van der Waals surface area contributed by atoms with E-state index in [-0.39, 0.29) is 25.3 Å². The monoisotopic (exact) mass is 714 g/mol. The molecule has 3 heterocycles. The molecule has 2 fully saturated rings. The number of ether oxygens (including phenoxy) is 2. The van der Waals surface area contributed by atoms with Crippen LogP contribution in [0.25, 0.3) is 11.2 Å². The Morgan fingerprint density at radius 2 is 1.69 bits per heavy atom. The molecule has 0 radical (unpaired) electrons. The van der Waals surface area contributed by atoms with Crippen LogP contribution in [0.2, 0.25) is 4.34 Å². The lowest BCUT2D eigenvalue weighted by atomic mass is 9.97. The third kappa shape index (κ3) is 6.87.